The summed E-state index contributed by atoms with van der Waals surface area (Å²) in [4.78, 5) is 20.8. The molecule has 6 nitrogen and oxygen atoms in total. The molecule has 1 atom stereocenters. The SMILES string of the molecule is CCOC(C)=O.CN.Cc1ccc(C)n1-c1ccccc1C(C#N)C=O. The summed E-state index contributed by atoms with van der Waals surface area (Å²) in [7, 11) is 1.50. The maximum atomic E-state index is 11.0. The Kier molecular flexibility index (Phi) is 11.1. The van der Waals surface area contributed by atoms with Crippen LogP contribution in [0.15, 0.2) is 36.4 Å². The monoisotopic (exact) mass is 357 g/mol. The molecule has 140 valence electrons. The summed E-state index contributed by atoms with van der Waals surface area (Å²) < 4.78 is 6.46. The molecular formula is C20H27N3O3. The van der Waals surface area contributed by atoms with Crippen molar-refractivity contribution in [2.75, 3.05) is 13.7 Å². The second-order valence-corrected chi connectivity index (χ2v) is 5.18. The highest BCUT2D eigenvalue weighted by Crippen LogP contribution is 2.25. The van der Waals surface area contributed by atoms with Gasteiger partial charge < -0.3 is 19.8 Å². The smallest absolute Gasteiger partial charge is 0.302 e. The third kappa shape index (κ3) is 6.54. The topological polar surface area (TPSA) is 98.1 Å². The summed E-state index contributed by atoms with van der Waals surface area (Å²) in [5.41, 5.74) is 8.32. The van der Waals surface area contributed by atoms with E-state index in [1.165, 1.54) is 14.0 Å². The zero-order valence-electron chi connectivity index (χ0n) is 16.0. The predicted molar refractivity (Wildman–Crippen MR) is 102 cm³/mol. The molecule has 1 aromatic carbocycles. The van der Waals surface area contributed by atoms with E-state index in [2.05, 4.69) is 15.0 Å². The first-order valence-corrected chi connectivity index (χ1v) is 8.26. The van der Waals surface area contributed by atoms with E-state index in [0.29, 0.717) is 12.9 Å². The summed E-state index contributed by atoms with van der Waals surface area (Å²) >= 11 is 0. The number of nitrogens with two attached hydrogens (primary N) is 1. The molecule has 6 heteroatoms. The van der Waals surface area contributed by atoms with Gasteiger partial charge in [-0.05, 0) is 46.0 Å². The Hall–Kier alpha value is -2.91. The summed E-state index contributed by atoms with van der Waals surface area (Å²) in [5, 5.41) is 9.05. The quantitative estimate of drug-likeness (QED) is 0.670. The van der Waals surface area contributed by atoms with Gasteiger partial charge in [-0.2, -0.15) is 5.26 Å². The number of nitrogens with zero attached hydrogens (tertiary/aromatic N) is 2. The number of aromatic nitrogens is 1. The van der Waals surface area contributed by atoms with Crippen LogP contribution in [0, 0.1) is 25.2 Å². The molecule has 0 bridgehead atoms. The largest absolute Gasteiger partial charge is 0.466 e. The Labute approximate surface area is 155 Å². The molecule has 0 amide bonds. The van der Waals surface area contributed by atoms with Gasteiger partial charge in [-0.15, -0.1) is 0 Å². The van der Waals surface area contributed by atoms with E-state index >= 15 is 0 Å². The first-order valence-electron chi connectivity index (χ1n) is 8.26. The lowest BCUT2D eigenvalue weighted by molar-refractivity contribution is -0.140. The molecule has 1 unspecified atom stereocenters. The lowest BCUT2D eigenvalue weighted by Crippen LogP contribution is -2.07. The second-order valence-electron chi connectivity index (χ2n) is 5.18. The number of hydrogen-bond acceptors (Lipinski definition) is 5. The molecule has 2 rings (SSSR count). The summed E-state index contributed by atoms with van der Waals surface area (Å²) in [6.45, 7) is 7.67. The average Bonchev–Trinajstić information content (AvgIpc) is 2.97. The second kappa shape index (κ2) is 12.5. The fraction of sp³-hybridized carbons (Fsp3) is 0.350. The van der Waals surface area contributed by atoms with Crippen LogP contribution in [0.4, 0.5) is 0 Å². The zero-order valence-corrected chi connectivity index (χ0v) is 16.0. The fourth-order valence-corrected chi connectivity index (χ4v) is 2.38. The zero-order chi connectivity index (χ0) is 20.1. The molecule has 26 heavy (non-hydrogen) atoms. The number of hydrogen-bond donors (Lipinski definition) is 1. The van der Waals surface area contributed by atoms with Crippen molar-refractivity contribution in [2.24, 2.45) is 5.73 Å². The first-order chi connectivity index (χ1) is 12.5. The maximum Gasteiger partial charge on any atom is 0.302 e. The van der Waals surface area contributed by atoms with E-state index in [1.54, 1.807) is 6.92 Å². The van der Waals surface area contributed by atoms with Crippen LogP contribution in [0.5, 0.6) is 0 Å². The van der Waals surface area contributed by atoms with Crippen LogP contribution in [0.25, 0.3) is 5.69 Å². The van der Waals surface area contributed by atoms with E-state index in [-0.39, 0.29) is 5.97 Å². The van der Waals surface area contributed by atoms with Gasteiger partial charge in [0.15, 0.2) is 0 Å². The Morgan fingerprint density at radius 2 is 1.77 bits per heavy atom. The van der Waals surface area contributed by atoms with E-state index < -0.39 is 5.92 Å². The van der Waals surface area contributed by atoms with Gasteiger partial charge in [0.25, 0.3) is 0 Å². The van der Waals surface area contributed by atoms with Gasteiger partial charge in [0.1, 0.15) is 12.2 Å². The predicted octanol–water partition coefficient (Wildman–Crippen LogP) is 3.04. The van der Waals surface area contributed by atoms with Crippen molar-refractivity contribution in [3.8, 4) is 11.8 Å². The summed E-state index contributed by atoms with van der Waals surface area (Å²) in [6, 6.07) is 13.6. The first kappa shape index (κ1) is 23.1. The lowest BCUT2D eigenvalue weighted by Gasteiger charge is -2.15. The minimum Gasteiger partial charge on any atom is -0.466 e. The van der Waals surface area contributed by atoms with Crippen LogP contribution in [0.1, 0.15) is 36.7 Å². The molecule has 0 aliphatic carbocycles. The molecule has 0 aliphatic heterocycles. The summed E-state index contributed by atoms with van der Waals surface area (Å²) in [6.07, 6.45) is 0.688. The van der Waals surface area contributed by atoms with Crippen LogP contribution in [0.2, 0.25) is 0 Å². The molecule has 0 saturated carbocycles. The molecule has 1 aromatic heterocycles. The van der Waals surface area contributed by atoms with Crippen molar-refractivity contribution in [2.45, 2.75) is 33.6 Å². The molecule has 2 aromatic rings. The molecule has 0 radical (unpaired) electrons. The third-order valence-electron chi connectivity index (χ3n) is 3.41. The number of nitriles is 1. The highest BCUT2D eigenvalue weighted by Gasteiger charge is 2.16. The number of ether oxygens (including phenoxy) is 1. The van der Waals surface area contributed by atoms with E-state index in [9.17, 15) is 9.59 Å². The number of rotatable bonds is 4. The van der Waals surface area contributed by atoms with E-state index in [1.807, 2.05) is 56.3 Å². The molecule has 0 saturated heterocycles. The number of carbonyl (C=O) groups excluding carboxylic acids is 2. The van der Waals surface area contributed by atoms with Crippen LogP contribution < -0.4 is 5.73 Å². The molecule has 0 aliphatic rings. The van der Waals surface area contributed by atoms with Gasteiger partial charge in [-0.25, -0.2) is 0 Å². The van der Waals surface area contributed by atoms with Crippen LogP contribution in [-0.4, -0.2) is 30.5 Å². The number of benzene rings is 1. The van der Waals surface area contributed by atoms with Crippen LogP contribution in [0.3, 0.4) is 0 Å². The van der Waals surface area contributed by atoms with Gasteiger partial charge >= 0.3 is 5.97 Å². The number of esters is 1. The molecule has 2 N–H and O–H groups in total. The average molecular weight is 357 g/mol. The number of carbonyl (C=O) groups is 2. The Bertz CT molecular complexity index is 725. The fourth-order valence-electron chi connectivity index (χ4n) is 2.38. The Morgan fingerprint density at radius 1 is 1.23 bits per heavy atom. The van der Waals surface area contributed by atoms with Crippen molar-refractivity contribution in [3.05, 3.63) is 53.3 Å². The van der Waals surface area contributed by atoms with Crippen LogP contribution >= 0.6 is 0 Å². The molecular weight excluding hydrogens is 330 g/mol. The van der Waals surface area contributed by atoms with Gasteiger partial charge in [-0.1, -0.05) is 18.2 Å². The van der Waals surface area contributed by atoms with Crippen molar-refractivity contribution >= 4 is 12.3 Å². The Morgan fingerprint density at radius 3 is 2.15 bits per heavy atom. The highest BCUT2D eigenvalue weighted by molar-refractivity contribution is 5.69. The van der Waals surface area contributed by atoms with Gasteiger partial charge in [0.05, 0.1) is 18.4 Å². The van der Waals surface area contributed by atoms with Gasteiger partial charge in [-0.3, -0.25) is 4.79 Å². The lowest BCUT2D eigenvalue weighted by atomic mass is 10.00. The van der Waals surface area contributed by atoms with E-state index in [4.69, 9.17) is 5.26 Å². The minimum absolute atomic E-state index is 0.211. The molecule has 0 spiro atoms. The van der Waals surface area contributed by atoms with Crippen molar-refractivity contribution in [1.82, 2.24) is 4.57 Å². The van der Waals surface area contributed by atoms with Crippen molar-refractivity contribution in [1.29, 1.82) is 5.26 Å². The number of aryl methyl sites for hydroxylation is 2. The van der Waals surface area contributed by atoms with Gasteiger partial charge in [0, 0.05) is 23.9 Å². The standard InChI is InChI=1S/C15H14N2O.C4H8O2.CH5N/c1-11-7-8-12(2)17(11)15-6-4-3-5-14(15)13(9-16)10-18;1-3-6-4(2)5;1-2/h3-8,10,13H,1-2H3;3H2,1-2H3;2H2,1H3. The maximum absolute atomic E-state index is 11.0. The normalized spacial score (nSPS) is 10.2. The number of para-hydroxylation sites is 1. The van der Waals surface area contributed by atoms with Crippen LogP contribution in [-0.2, 0) is 14.3 Å². The Balaban J connectivity index is 0.000000667. The van der Waals surface area contributed by atoms with Gasteiger partial charge in [0.2, 0.25) is 0 Å². The minimum atomic E-state index is -0.720. The molecule has 1 heterocycles. The third-order valence-corrected chi connectivity index (χ3v) is 3.41. The summed E-state index contributed by atoms with van der Waals surface area (Å²) in [5.74, 6) is -0.931. The van der Waals surface area contributed by atoms with E-state index in [0.717, 1.165) is 22.6 Å². The highest BCUT2D eigenvalue weighted by atomic mass is 16.5. The molecule has 0 fully saturated rings. The van der Waals surface area contributed by atoms with Crippen molar-refractivity contribution < 1.29 is 14.3 Å². The number of aldehydes is 1. The van der Waals surface area contributed by atoms with Crippen molar-refractivity contribution in [3.63, 3.8) is 0 Å².